The van der Waals surface area contributed by atoms with Gasteiger partial charge < -0.3 is 25.8 Å². The minimum absolute atomic E-state index is 0.0440. The van der Waals surface area contributed by atoms with Crippen molar-refractivity contribution in [3.8, 4) is 0 Å². The lowest BCUT2D eigenvalue weighted by atomic mass is 10.3. The zero-order valence-corrected chi connectivity index (χ0v) is 11.4. The van der Waals surface area contributed by atoms with Crippen molar-refractivity contribution in [2.24, 2.45) is 5.73 Å². The van der Waals surface area contributed by atoms with E-state index in [0.29, 0.717) is 26.2 Å². The van der Waals surface area contributed by atoms with E-state index in [4.69, 9.17) is 5.73 Å². The van der Waals surface area contributed by atoms with Crippen molar-refractivity contribution in [1.82, 2.24) is 20.0 Å². The van der Waals surface area contributed by atoms with Gasteiger partial charge in [0.2, 0.25) is 11.8 Å². The van der Waals surface area contributed by atoms with Crippen LogP contribution in [0.5, 0.6) is 0 Å². The van der Waals surface area contributed by atoms with Crippen molar-refractivity contribution in [1.29, 1.82) is 0 Å². The van der Waals surface area contributed by atoms with Gasteiger partial charge in [0.15, 0.2) is 0 Å². The summed E-state index contributed by atoms with van der Waals surface area (Å²) in [5.74, 6) is -0.506. The molecule has 1 saturated heterocycles. The third-order valence-corrected chi connectivity index (χ3v) is 2.91. The summed E-state index contributed by atoms with van der Waals surface area (Å²) in [5.41, 5.74) is 5.13. The Kier molecular flexibility index (Phi) is 5.56. The van der Waals surface area contributed by atoms with Gasteiger partial charge in [-0.1, -0.05) is 0 Å². The number of nitrogens with two attached hydrogens (primary N) is 1. The summed E-state index contributed by atoms with van der Waals surface area (Å²) in [6.07, 6.45) is 0. The van der Waals surface area contributed by atoms with Gasteiger partial charge in [-0.2, -0.15) is 0 Å². The summed E-state index contributed by atoms with van der Waals surface area (Å²) in [4.78, 5) is 39.3. The number of amides is 4. The number of nitrogens with one attached hydrogen (secondary N) is 1. The van der Waals surface area contributed by atoms with Gasteiger partial charge in [-0.3, -0.25) is 9.59 Å². The number of nitrogens with zero attached hydrogens (tertiary/aromatic N) is 3. The number of urea groups is 1. The Morgan fingerprint density at radius 1 is 1.11 bits per heavy atom. The first-order chi connectivity index (χ1) is 8.95. The molecule has 0 spiro atoms. The molecule has 8 nitrogen and oxygen atoms in total. The molecule has 1 aliphatic rings. The molecule has 108 valence electrons. The van der Waals surface area contributed by atoms with Crippen LogP contribution in [-0.4, -0.2) is 85.9 Å². The largest absolute Gasteiger partial charge is 0.346 e. The Bertz CT molecular complexity index is 350. The number of carbonyl (C=O) groups excluding carboxylic acids is 3. The maximum atomic E-state index is 11.8. The van der Waals surface area contributed by atoms with E-state index in [-0.39, 0.29) is 30.9 Å². The van der Waals surface area contributed by atoms with Crippen LogP contribution in [0.3, 0.4) is 0 Å². The Hall–Kier alpha value is -1.83. The molecule has 0 aliphatic carbocycles. The van der Waals surface area contributed by atoms with Crippen LogP contribution >= 0.6 is 0 Å². The lowest BCUT2D eigenvalue weighted by Gasteiger charge is -2.36. The van der Waals surface area contributed by atoms with Gasteiger partial charge in [0.05, 0.1) is 13.1 Å². The maximum absolute atomic E-state index is 11.8. The van der Waals surface area contributed by atoms with E-state index in [1.54, 1.807) is 23.9 Å². The van der Waals surface area contributed by atoms with Gasteiger partial charge in [-0.15, -0.1) is 0 Å². The molecule has 3 N–H and O–H groups in total. The van der Waals surface area contributed by atoms with E-state index < -0.39 is 0 Å². The first-order valence-electron chi connectivity index (χ1n) is 6.16. The second-order valence-corrected chi connectivity index (χ2v) is 4.53. The van der Waals surface area contributed by atoms with Gasteiger partial charge in [0.1, 0.15) is 0 Å². The molecule has 8 heteroatoms. The average Bonchev–Trinajstić information content (AvgIpc) is 2.43. The van der Waals surface area contributed by atoms with Crippen LogP contribution in [0.15, 0.2) is 0 Å². The van der Waals surface area contributed by atoms with E-state index >= 15 is 0 Å². The molecule has 1 aliphatic heterocycles. The van der Waals surface area contributed by atoms with E-state index in [2.05, 4.69) is 5.32 Å². The standard InChI is InChI=1S/C11H21N5O3/c1-14(2)11(19)16-5-3-15(4-6-16)10(18)8-13-9(17)7-12/h3-8,12H2,1-2H3,(H,13,17). The van der Waals surface area contributed by atoms with Gasteiger partial charge in [-0.25, -0.2) is 4.79 Å². The van der Waals surface area contributed by atoms with Crippen molar-refractivity contribution in [3.05, 3.63) is 0 Å². The third-order valence-electron chi connectivity index (χ3n) is 2.91. The van der Waals surface area contributed by atoms with Gasteiger partial charge in [0, 0.05) is 40.3 Å². The number of carbonyl (C=O) groups is 3. The number of rotatable bonds is 3. The fourth-order valence-electron chi connectivity index (χ4n) is 1.79. The first-order valence-corrected chi connectivity index (χ1v) is 6.16. The Morgan fingerprint density at radius 2 is 1.63 bits per heavy atom. The molecule has 0 radical (unpaired) electrons. The number of piperazine rings is 1. The van der Waals surface area contributed by atoms with Crippen LogP contribution in [0.4, 0.5) is 4.79 Å². The van der Waals surface area contributed by atoms with E-state index in [1.165, 1.54) is 4.90 Å². The highest BCUT2D eigenvalue weighted by Gasteiger charge is 2.24. The minimum atomic E-state index is -0.352. The summed E-state index contributed by atoms with van der Waals surface area (Å²) in [5, 5.41) is 2.44. The van der Waals surface area contributed by atoms with Crippen LogP contribution in [-0.2, 0) is 9.59 Å². The van der Waals surface area contributed by atoms with Crippen LogP contribution in [0.2, 0.25) is 0 Å². The first kappa shape index (κ1) is 15.2. The molecule has 0 aromatic carbocycles. The second kappa shape index (κ2) is 6.93. The topological polar surface area (TPSA) is 99.0 Å². The highest BCUT2D eigenvalue weighted by atomic mass is 16.2. The summed E-state index contributed by atoms with van der Waals surface area (Å²) in [7, 11) is 3.39. The molecule has 1 rings (SSSR count). The third kappa shape index (κ3) is 4.40. The fourth-order valence-corrected chi connectivity index (χ4v) is 1.79. The van der Waals surface area contributed by atoms with Crippen molar-refractivity contribution in [2.75, 3.05) is 53.4 Å². The lowest BCUT2D eigenvalue weighted by molar-refractivity contribution is -0.133. The van der Waals surface area contributed by atoms with Gasteiger partial charge in [0.25, 0.3) is 0 Å². The average molecular weight is 271 g/mol. The Morgan fingerprint density at radius 3 is 2.11 bits per heavy atom. The van der Waals surface area contributed by atoms with Crippen molar-refractivity contribution in [2.45, 2.75) is 0 Å². The summed E-state index contributed by atoms with van der Waals surface area (Å²) < 4.78 is 0. The van der Waals surface area contributed by atoms with Crippen LogP contribution in [0, 0.1) is 0 Å². The van der Waals surface area contributed by atoms with Gasteiger partial charge >= 0.3 is 6.03 Å². The molecule has 4 amide bonds. The van der Waals surface area contributed by atoms with Gasteiger partial charge in [-0.05, 0) is 0 Å². The predicted octanol–water partition coefficient (Wildman–Crippen LogP) is -2.11. The van der Waals surface area contributed by atoms with Crippen molar-refractivity contribution >= 4 is 17.8 Å². The maximum Gasteiger partial charge on any atom is 0.319 e. The molecule has 0 aromatic heterocycles. The van der Waals surface area contributed by atoms with E-state index in [1.807, 2.05) is 0 Å². The number of hydrogen-bond donors (Lipinski definition) is 2. The smallest absolute Gasteiger partial charge is 0.319 e. The molecule has 19 heavy (non-hydrogen) atoms. The predicted molar refractivity (Wildman–Crippen MR) is 69.3 cm³/mol. The molecule has 0 atom stereocenters. The molecule has 1 fully saturated rings. The molecule has 1 heterocycles. The van der Waals surface area contributed by atoms with Crippen LogP contribution in [0.1, 0.15) is 0 Å². The highest BCUT2D eigenvalue weighted by molar-refractivity contribution is 5.85. The molecule has 0 saturated carbocycles. The highest BCUT2D eigenvalue weighted by Crippen LogP contribution is 2.04. The molecular weight excluding hydrogens is 250 g/mol. The van der Waals surface area contributed by atoms with Crippen molar-refractivity contribution < 1.29 is 14.4 Å². The lowest BCUT2D eigenvalue weighted by Crippen LogP contribution is -2.54. The molecule has 0 unspecified atom stereocenters. The van der Waals surface area contributed by atoms with E-state index in [9.17, 15) is 14.4 Å². The number of hydrogen-bond acceptors (Lipinski definition) is 4. The SMILES string of the molecule is CN(C)C(=O)N1CCN(C(=O)CNC(=O)CN)CC1. The monoisotopic (exact) mass is 271 g/mol. The minimum Gasteiger partial charge on any atom is -0.346 e. The van der Waals surface area contributed by atoms with Crippen LogP contribution in [0.25, 0.3) is 0 Å². The zero-order valence-electron chi connectivity index (χ0n) is 11.4. The van der Waals surface area contributed by atoms with Crippen molar-refractivity contribution in [3.63, 3.8) is 0 Å². The van der Waals surface area contributed by atoms with E-state index in [0.717, 1.165) is 0 Å². The summed E-state index contributed by atoms with van der Waals surface area (Å²) in [6.45, 7) is 1.81. The molecule has 0 aromatic rings. The summed E-state index contributed by atoms with van der Waals surface area (Å²) >= 11 is 0. The Balaban J connectivity index is 2.35. The normalized spacial score (nSPS) is 15.1. The Labute approximate surface area is 112 Å². The van der Waals surface area contributed by atoms with Crippen LogP contribution < -0.4 is 11.1 Å². The quantitative estimate of drug-likeness (QED) is 0.613. The summed E-state index contributed by atoms with van der Waals surface area (Å²) in [6, 6.07) is -0.0523. The zero-order chi connectivity index (χ0) is 14.4. The molecule has 0 bridgehead atoms. The second-order valence-electron chi connectivity index (χ2n) is 4.53. The molecular formula is C11H21N5O3. The fraction of sp³-hybridized carbons (Fsp3) is 0.727.